The van der Waals surface area contributed by atoms with E-state index in [1.54, 1.807) is 11.8 Å². The molecule has 0 atom stereocenters. The maximum atomic E-state index is 6.34. The molecule has 0 unspecified atom stereocenters. The fourth-order valence-corrected chi connectivity index (χ4v) is 3.64. The van der Waals surface area contributed by atoms with Gasteiger partial charge in [-0.3, -0.25) is 5.01 Å². The first kappa shape index (κ1) is 13.3. The summed E-state index contributed by atoms with van der Waals surface area (Å²) in [6, 6.07) is 20.9. The van der Waals surface area contributed by atoms with Gasteiger partial charge in [0.15, 0.2) is 0 Å². The highest BCUT2D eigenvalue weighted by atomic mass is 35.5. The van der Waals surface area contributed by atoms with Gasteiger partial charge in [0.1, 0.15) is 0 Å². The fraction of sp³-hybridized carbons (Fsp3) is 0. The van der Waals surface area contributed by atoms with Gasteiger partial charge in [0.05, 0.1) is 11.4 Å². The average molecular weight is 301 g/mol. The van der Waals surface area contributed by atoms with Gasteiger partial charge < -0.3 is 0 Å². The number of hydrogen-bond donors (Lipinski definition) is 1. The maximum Gasteiger partial charge on any atom is 0.0793 e. The fourth-order valence-electron chi connectivity index (χ4n) is 2.55. The third-order valence-corrected chi connectivity index (χ3v) is 4.56. The number of rotatable bonds is 0. The van der Waals surface area contributed by atoms with Crippen molar-refractivity contribution in [2.24, 2.45) is 5.84 Å². The van der Waals surface area contributed by atoms with E-state index in [2.05, 4.69) is 48.5 Å². The maximum absolute atomic E-state index is 6.34. The molecule has 2 nitrogen and oxygen atoms in total. The topological polar surface area (TPSA) is 29.3 Å². The molecule has 0 amide bonds. The van der Waals surface area contributed by atoms with Crippen LogP contribution in [-0.2, 0) is 0 Å². The molecule has 0 bridgehead atoms. The molecule has 2 N–H and O–H groups in total. The average Bonchev–Trinajstić information content (AvgIpc) is 2.47. The van der Waals surface area contributed by atoms with Crippen LogP contribution >= 0.6 is 24.2 Å². The molecule has 3 aromatic carbocycles. The first-order valence-corrected chi connectivity index (χ1v) is 7.00. The summed E-state index contributed by atoms with van der Waals surface area (Å²) < 4.78 is 0. The Labute approximate surface area is 128 Å². The molecule has 1 heterocycles. The summed E-state index contributed by atoms with van der Waals surface area (Å²) in [4.78, 5) is 2.41. The second-order valence-electron chi connectivity index (χ2n) is 4.57. The van der Waals surface area contributed by atoms with Gasteiger partial charge in [-0.1, -0.05) is 54.2 Å². The van der Waals surface area contributed by atoms with E-state index >= 15 is 0 Å². The van der Waals surface area contributed by atoms with E-state index in [1.807, 2.05) is 17.1 Å². The van der Waals surface area contributed by atoms with Gasteiger partial charge >= 0.3 is 0 Å². The molecule has 0 aromatic heterocycles. The van der Waals surface area contributed by atoms with Crippen LogP contribution in [0.25, 0.3) is 10.8 Å². The number of hydrazine groups is 1. The summed E-state index contributed by atoms with van der Waals surface area (Å²) in [7, 11) is 0. The third kappa shape index (κ3) is 1.86. The Morgan fingerprint density at radius 2 is 1.55 bits per heavy atom. The molecule has 4 rings (SSSR count). The van der Waals surface area contributed by atoms with Crippen LogP contribution in [0.2, 0.25) is 0 Å². The van der Waals surface area contributed by atoms with Crippen LogP contribution in [0, 0.1) is 0 Å². The first-order chi connectivity index (χ1) is 9.34. The van der Waals surface area contributed by atoms with Crippen LogP contribution in [0.4, 0.5) is 11.4 Å². The van der Waals surface area contributed by atoms with Crippen molar-refractivity contribution in [2.45, 2.75) is 9.79 Å². The van der Waals surface area contributed by atoms with Gasteiger partial charge in [-0.2, -0.15) is 0 Å². The van der Waals surface area contributed by atoms with Crippen molar-refractivity contribution in [1.29, 1.82) is 0 Å². The summed E-state index contributed by atoms with van der Waals surface area (Å²) in [5.41, 5.74) is 2.16. The zero-order chi connectivity index (χ0) is 12.8. The molecule has 0 radical (unpaired) electrons. The van der Waals surface area contributed by atoms with E-state index in [0.717, 1.165) is 11.4 Å². The molecule has 0 saturated carbocycles. The van der Waals surface area contributed by atoms with Gasteiger partial charge in [0.2, 0.25) is 0 Å². The molecule has 0 aliphatic carbocycles. The Balaban J connectivity index is 0.00000121. The number of nitrogens with two attached hydrogens (primary N) is 1. The minimum Gasteiger partial charge on any atom is -0.277 e. The quantitative estimate of drug-likeness (QED) is 0.608. The number of hydrogen-bond acceptors (Lipinski definition) is 3. The molecule has 3 aromatic rings. The van der Waals surface area contributed by atoms with E-state index in [4.69, 9.17) is 5.84 Å². The monoisotopic (exact) mass is 300 g/mol. The predicted molar refractivity (Wildman–Crippen MR) is 88.1 cm³/mol. The lowest BCUT2D eigenvalue weighted by Gasteiger charge is -2.29. The van der Waals surface area contributed by atoms with Crippen molar-refractivity contribution < 1.29 is 0 Å². The summed E-state index contributed by atoms with van der Waals surface area (Å²) in [5.74, 6) is 6.34. The summed E-state index contributed by atoms with van der Waals surface area (Å²) >= 11 is 1.78. The van der Waals surface area contributed by atoms with Crippen molar-refractivity contribution >= 4 is 46.3 Å². The zero-order valence-electron chi connectivity index (χ0n) is 10.6. The molecule has 0 fully saturated rings. The van der Waals surface area contributed by atoms with E-state index in [0.29, 0.717) is 0 Å². The lowest BCUT2D eigenvalue weighted by atomic mass is 10.1. The summed E-state index contributed by atoms with van der Waals surface area (Å²) in [6.07, 6.45) is 0. The standard InChI is InChI=1S/C16H12N2S.ClH/c17-18-13-7-3-4-8-14(13)19-15-10-9-11-5-1-2-6-12(11)16(15)18;/h1-10H,17H2;1H. The molecule has 1 aliphatic heterocycles. The van der Waals surface area contributed by atoms with E-state index in [1.165, 1.54) is 20.6 Å². The van der Waals surface area contributed by atoms with Crippen LogP contribution in [0.15, 0.2) is 70.5 Å². The third-order valence-electron chi connectivity index (χ3n) is 3.45. The Bertz CT molecular complexity index is 788. The lowest BCUT2D eigenvalue weighted by Crippen LogP contribution is -2.28. The number of fused-ring (bicyclic) bond motifs is 4. The van der Waals surface area contributed by atoms with Crippen molar-refractivity contribution in [1.82, 2.24) is 0 Å². The highest BCUT2D eigenvalue weighted by Gasteiger charge is 2.22. The molecule has 0 spiro atoms. The van der Waals surface area contributed by atoms with Gasteiger partial charge in [0.25, 0.3) is 0 Å². The lowest BCUT2D eigenvalue weighted by molar-refractivity contribution is 1.03. The SMILES string of the molecule is Cl.NN1c2ccccc2Sc2ccc3ccccc3c21. The molecule has 4 heteroatoms. The molecular formula is C16H13ClN2S. The highest BCUT2D eigenvalue weighted by Crippen LogP contribution is 2.49. The van der Waals surface area contributed by atoms with Gasteiger partial charge in [0, 0.05) is 15.2 Å². The van der Waals surface area contributed by atoms with Crippen LogP contribution in [-0.4, -0.2) is 0 Å². The number of para-hydroxylation sites is 1. The molecular weight excluding hydrogens is 288 g/mol. The van der Waals surface area contributed by atoms with E-state index < -0.39 is 0 Å². The predicted octanol–water partition coefficient (Wildman–Crippen LogP) is 4.74. The molecule has 1 aliphatic rings. The van der Waals surface area contributed by atoms with E-state index in [9.17, 15) is 0 Å². The summed E-state index contributed by atoms with van der Waals surface area (Å²) in [5, 5.41) is 4.23. The van der Waals surface area contributed by atoms with Crippen molar-refractivity contribution in [3.63, 3.8) is 0 Å². The van der Waals surface area contributed by atoms with Crippen LogP contribution in [0.3, 0.4) is 0 Å². The van der Waals surface area contributed by atoms with Crippen molar-refractivity contribution in [3.05, 3.63) is 60.7 Å². The number of halogens is 1. The van der Waals surface area contributed by atoms with Crippen molar-refractivity contribution in [3.8, 4) is 0 Å². The zero-order valence-corrected chi connectivity index (χ0v) is 12.2. The second-order valence-corrected chi connectivity index (χ2v) is 5.66. The minimum absolute atomic E-state index is 0. The first-order valence-electron chi connectivity index (χ1n) is 6.18. The second kappa shape index (κ2) is 5.02. The van der Waals surface area contributed by atoms with Crippen LogP contribution < -0.4 is 10.9 Å². The van der Waals surface area contributed by atoms with Crippen LogP contribution in [0.1, 0.15) is 0 Å². The normalized spacial score (nSPS) is 12.6. The highest BCUT2D eigenvalue weighted by molar-refractivity contribution is 7.99. The smallest absolute Gasteiger partial charge is 0.0793 e. The Morgan fingerprint density at radius 1 is 0.800 bits per heavy atom. The number of anilines is 2. The number of benzene rings is 3. The van der Waals surface area contributed by atoms with Gasteiger partial charge in [-0.25, -0.2) is 5.84 Å². The Kier molecular flexibility index (Phi) is 3.34. The summed E-state index contributed by atoms with van der Waals surface area (Å²) in [6.45, 7) is 0. The Morgan fingerprint density at radius 3 is 2.45 bits per heavy atom. The molecule has 100 valence electrons. The van der Waals surface area contributed by atoms with Crippen LogP contribution in [0.5, 0.6) is 0 Å². The largest absolute Gasteiger partial charge is 0.277 e. The number of nitrogens with zero attached hydrogens (tertiary/aromatic N) is 1. The van der Waals surface area contributed by atoms with E-state index in [-0.39, 0.29) is 12.4 Å². The molecule has 20 heavy (non-hydrogen) atoms. The Hall–Kier alpha value is -1.68. The van der Waals surface area contributed by atoms with Gasteiger partial charge in [-0.15, -0.1) is 12.4 Å². The minimum atomic E-state index is 0. The van der Waals surface area contributed by atoms with Crippen molar-refractivity contribution in [2.75, 3.05) is 5.01 Å². The van der Waals surface area contributed by atoms with Gasteiger partial charge in [-0.05, 0) is 23.6 Å². The molecule has 0 saturated heterocycles.